The van der Waals surface area contributed by atoms with Gasteiger partial charge in [0.15, 0.2) is 18.1 Å². The number of benzene rings is 1. The lowest BCUT2D eigenvalue weighted by atomic mass is 9.95. The highest BCUT2D eigenvalue weighted by Crippen LogP contribution is 2.34. The van der Waals surface area contributed by atoms with E-state index in [-0.39, 0.29) is 30.2 Å². The predicted molar refractivity (Wildman–Crippen MR) is 102 cm³/mol. The van der Waals surface area contributed by atoms with Gasteiger partial charge in [0.2, 0.25) is 0 Å². The average Bonchev–Trinajstić information content (AvgIpc) is 2.95. The number of esters is 1. The van der Waals surface area contributed by atoms with Crippen molar-refractivity contribution in [3.63, 3.8) is 0 Å². The van der Waals surface area contributed by atoms with Gasteiger partial charge in [0, 0.05) is 12.6 Å². The average molecular weight is 384 g/mol. The van der Waals surface area contributed by atoms with E-state index in [0.717, 1.165) is 12.0 Å². The molecule has 0 saturated heterocycles. The second-order valence-corrected chi connectivity index (χ2v) is 6.84. The van der Waals surface area contributed by atoms with Gasteiger partial charge in [-0.25, -0.2) is 9.78 Å². The van der Waals surface area contributed by atoms with Gasteiger partial charge in [-0.1, -0.05) is 26.0 Å². The van der Waals surface area contributed by atoms with Crippen LogP contribution in [0.4, 0.5) is 0 Å². The highest BCUT2D eigenvalue weighted by Gasteiger charge is 2.22. The van der Waals surface area contributed by atoms with Gasteiger partial charge in [-0.2, -0.15) is 0 Å². The number of carbonyl (C=O) groups excluding carboxylic acids is 2. The minimum atomic E-state index is -0.632. The van der Waals surface area contributed by atoms with Gasteiger partial charge in [-0.15, -0.1) is 0 Å². The molecule has 1 aromatic heterocycles. The zero-order valence-electron chi connectivity index (χ0n) is 16.0. The molecule has 7 nitrogen and oxygen atoms in total. The summed E-state index contributed by atoms with van der Waals surface area (Å²) in [6.07, 6.45) is 2.32. The first-order valence-electron chi connectivity index (χ1n) is 9.31. The van der Waals surface area contributed by atoms with Crippen LogP contribution in [0.15, 0.2) is 42.6 Å². The van der Waals surface area contributed by atoms with E-state index in [9.17, 15) is 9.59 Å². The molecule has 1 aliphatic rings. The van der Waals surface area contributed by atoms with Gasteiger partial charge in [0.05, 0.1) is 19.3 Å². The van der Waals surface area contributed by atoms with Crippen molar-refractivity contribution in [1.82, 2.24) is 10.3 Å². The summed E-state index contributed by atoms with van der Waals surface area (Å²) in [4.78, 5) is 28.2. The second kappa shape index (κ2) is 9.21. The van der Waals surface area contributed by atoms with Crippen LogP contribution in [0.2, 0.25) is 0 Å². The number of aromatic nitrogens is 1. The van der Waals surface area contributed by atoms with Gasteiger partial charge in [0.1, 0.15) is 5.69 Å². The van der Waals surface area contributed by atoms with E-state index in [1.54, 1.807) is 12.1 Å². The fourth-order valence-corrected chi connectivity index (χ4v) is 2.91. The van der Waals surface area contributed by atoms with Crippen LogP contribution in [0.3, 0.4) is 0 Å². The Kier molecular flexibility index (Phi) is 6.47. The molecular weight excluding hydrogens is 360 g/mol. The maximum atomic E-state index is 12.3. The lowest BCUT2D eigenvalue weighted by Crippen LogP contribution is -2.35. The Balaban J connectivity index is 1.63. The third kappa shape index (κ3) is 5.00. The Bertz CT molecular complexity index is 823. The molecule has 7 heteroatoms. The van der Waals surface area contributed by atoms with Crippen molar-refractivity contribution in [1.29, 1.82) is 0 Å². The maximum absolute atomic E-state index is 12.3. The molecule has 0 saturated carbocycles. The van der Waals surface area contributed by atoms with Crippen LogP contribution in [-0.4, -0.2) is 36.7 Å². The summed E-state index contributed by atoms with van der Waals surface area (Å²) in [7, 11) is 0. The molecule has 148 valence electrons. The first-order valence-corrected chi connectivity index (χ1v) is 9.31. The highest BCUT2D eigenvalue weighted by atomic mass is 16.5. The molecule has 2 heterocycles. The zero-order chi connectivity index (χ0) is 19.9. The first-order chi connectivity index (χ1) is 13.5. The van der Waals surface area contributed by atoms with Crippen molar-refractivity contribution < 1.29 is 23.8 Å². The number of ether oxygens (including phenoxy) is 3. The number of pyridine rings is 1. The van der Waals surface area contributed by atoms with E-state index in [1.165, 1.54) is 12.3 Å². The molecule has 0 fully saturated rings. The summed E-state index contributed by atoms with van der Waals surface area (Å²) < 4.78 is 16.4. The quantitative estimate of drug-likeness (QED) is 0.771. The molecule has 0 bridgehead atoms. The van der Waals surface area contributed by atoms with Gasteiger partial charge in [-0.3, -0.25) is 4.79 Å². The highest BCUT2D eigenvalue weighted by molar-refractivity contribution is 5.89. The minimum absolute atomic E-state index is 0.125. The summed E-state index contributed by atoms with van der Waals surface area (Å²) in [5.41, 5.74) is 1.07. The number of fused-ring (bicyclic) bond motifs is 1. The van der Waals surface area contributed by atoms with Crippen molar-refractivity contribution in [2.75, 3.05) is 19.8 Å². The fourth-order valence-electron chi connectivity index (χ4n) is 2.91. The normalized spacial score (nSPS) is 14.1. The lowest BCUT2D eigenvalue weighted by molar-refractivity contribution is -0.125. The number of rotatable bonds is 6. The van der Waals surface area contributed by atoms with E-state index < -0.39 is 5.97 Å². The molecular formula is C21H24N2O5. The zero-order valence-corrected chi connectivity index (χ0v) is 16.0. The van der Waals surface area contributed by atoms with Crippen LogP contribution in [0.5, 0.6) is 11.5 Å². The molecule has 1 amide bonds. The maximum Gasteiger partial charge on any atom is 0.357 e. The van der Waals surface area contributed by atoms with Gasteiger partial charge >= 0.3 is 5.97 Å². The molecule has 1 aliphatic heterocycles. The number of hydrogen-bond acceptors (Lipinski definition) is 6. The van der Waals surface area contributed by atoms with E-state index in [4.69, 9.17) is 14.2 Å². The van der Waals surface area contributed by atoms with Crippen molar-refractivity contribution in [2.45, 2.75) is 26.3 Å². The lowest BCUT2D eigenvalue weighted by Gasteiger charge is -2.23. The Morgan fingerprint density at radius 2 is 1.93 bits per heavy atom. The van der Waals surface area contributed by atoms with Crippen LogP contribution in [0, 0.1) is 5.92 Å². The molecule has 1 atom stereocenters. The van der Waals surface area contributed by atoms with E-state index in [0.29, 0.717) is 24.7 Å². The third-order valence-electron chi connectivity index (χ3n) is 4.32. The summed E-state index contributed by atoms with van der Waals surface area (Å²) in [6.45, 7) is 4.86. The van der Waals surface area contributed by atoms with Crippen molar-refractivity contribution in [3.05, 3.63) is 53.9 Å². The van der Waals surface area contributed by atoms with E-state index >= 15 is 0 Å². The van der Waals surface area contributed by atoms with Crippen molar-refractivity contribution in [2.24, 2.45) is 5.92 Å². The number of carbonyl (C=O) groups is 2. The number of amides is 1. The molecule has 0 radical (unpaired) electrons. The van der Waals surface area contributed by atoms with E-state index in [1.807, 2.05) is 32.0 Å². The largest absolute Gasteiger partial charge is 0.490 e. The van der Waals surface area contributed by atoms with Gasteiger partial charge in [-0.05, 0) is 35.7 Å². The van der Waals surface area contributed by atoms with Crippen molar-refractivity contribution >= 4 is 11.9 Å². The van der Waals surface area contributed by atoms with Gasteiger partial charge in [0.25, 0.3) is 5.91 Å². The Labute approximate surface area is 164 Å². The third-order valence-corrected chi connectivity index (χ3v) is 4.32. The number of nitrogens with zero attached hydrogens (tertiary/aromatic N) is 1. The number of hydrogen-bond donors (Lipinski definition) is 1. The first kappa shape index (κ1) is 19.7. The molecule has 2 aromatic rings. The molecule has 28 heavy (non-hydrogen) atoms. The van der Waals surface area contributed by atoms with Crippen LogP contribution >= 0.6 is 0 Å². The van der Waals surface area contributed by atoms with Gasteiger partial charge < -0.3 is 19.5 Å². The van der Waals surface area contributed by atoms with Crippen LogP contribution in [0.1, 0.15) is 42.4 Å². The van der Waals surface area contributed by atoms with Crippen LogP contribution < -0.4 is 14.8 Å². The summed E-state index contributed by atoms with van der Waals surface area (Å²) >= 11 is 0. The van der Waals surface area contributed by atoms with Crippen LogP contribution in [-0.2, 0) is 9.53 Å². The second-order valence-electron chi connectivity index (χ2n) is 6.84. The Morgan fingerprint density at radius 1 is 1.14 bits per heavy atom. The predicted octanol–water partition coefficient (Wildman–Crippen LogP) is 2.91. The fraction of sp³-hybridized carbons (Fsp3) is 0.381. The molecule has 1 N–H and O–H groups in total. The van der Waals surface area contributed by atoms with Crippen LogP contribution in [0.25, 0.3) is 0 Å². The molecule has 0 aliphatic carbocycles. The standard InChI is InChI=1S/C21H24N2O5/c1-14(2)20(15-7-8-17-18(12-15)27-11-5-10-26-17)23-19(24)13-28-21(25)16-6-3-4-9-22-16/h3-4,6-9,12,14,20H,5,10-11,13H2,1-2H3,(H,23,24)/t20-/m0/s1. The van der Waals surface area contributed by atoms with Crippen molar-refractivity contribution in [3.8, 4) is 11.5 Å². The monoisotopic (exact) mass is 384 g/mol. The smallest absolute Gasteiger partial charge is 0.357 e. The molecule has 3 rings (SSSR count). The Morgan fingerprint density at radius 3 is 2.64 bits per heavy atom. The minimum Gasteiger partial charge on any atom is -0.490 e. The summed E-state index contributed by atoms with van der Waals surface area (Å²) in [5, 5.41) is 2.93. The SMILES string of the molecule is CC(C)[C@H](NC(=O)COC(=O)c1ccccn1)c1ccc2c(c1)OCCCO2. The Hall–Kier alpha value is -3.09. The van der Waals surface area contributed by atoms with E-state index in [2.05, 4.69) is 10.3 Å². The topological polar surface area (TPSA) is 86.8 Å². The molecule has 0 spiro atoms. The number of nitrogens with one attached hydrogen (secondary N) is 1. The summed E-state index contributed by atoms with van der Waals surface area (Å²) in [5.74, 6) is 0.499. The molecule has 0 unspecified atom stereocenters. The molecule has 1 aromatic carbocycles. The summed E-state index contributed by atoms with van der Waals surface area (Å²) in [6, 6.07) is 10.3.